The van der Waals surface area contributed by atoms with E-state index in [0.717, 1.165) is 29.3 Å². The van der Waals surface area contributed by atoms with Crippen molar-refractivity contribution in [2.75, 3.05) is 0 Å². The van der Waals surface area contributed by atoms with Crippen molar-refractivity contribution in [2.24, 2.45) is 0 Å². The predicted octanol–water partition coefficient (Wildman–Crippen LogP) is 4.97. The Balaban J connectivity index is 2.42. The van der Waals surface area contributed by atoms with Crippen LogP contribution in [0, 0.1) is 0 Å². The third-order valence-corrected chi connectivity index (χ3v) is 3.34. The minimum Gasteiger partial charge on any atom is -0.406 e. The number of aromatic nitrogens is 1. The topological polar surface area (TPSA) is 25.0 Å². The smallest absolute Gasteiger partial charge is 0.406 e. The maximum Gasteiger partial charge on any atom is 0.573 e. The molecule has 1 aromatic heterocycles. The van der Waals surface area contributed by atoms with E-state index in [2.05, 4.69) is 23.6 Å². The number of H-pyrrole nitrogens is 1. The van der Waals surface area contributed by atoms with Crippen molar-refractivity contribution in [1.82, 2.24) is 4.98 Å². The molecule has 2 aromatic rings. The van der Waals surface area contributed by atoms with Crippen LogP contribution in [-0.2, 0) is 0 Å². The summed E-state index contributed by atoms with van der Waals surface area (Å²) in [5.41, 5.74) is 1.88. The number of hydrogen-bond acceptors (Lipinski definition) is 1. The number of ether oxygens (including phenoxy) is 1. The number of nitrogens with one attached hydrogen (secondary N) is 1. The van der Waals surface area contributed by atoms with Crippen LogP contribution in [0.5, 0.6) is 5.75 Å². The Hall–Kier alpha value is -1.65. The Morgan fingerprint density at radius 3 is 2.47 bits per heavy atom. The summed E-state index contributed by atoms with van der Waals surface area (Å²) in [6.45, 7) is 4.14. The van der Waals surface area contributed by atoms with Gasteiger partial charge in [0.1, 0.15) is 5.75 Å². The lowest BCUT2D eigenvalue weighted by molar-refractivity contribution is -0.274. The van der Waals surface area contributed by atoms with Gasteiger partial charge in [-0.25, -0.2) is 0 Å². The summed E-state index contributed by atoms with van der Waals surface area (Å²) in [6, 6.07) is 4.39. The van der Waals surface area contributed by atoms with Gasteiger partial charge in [-0.1, -0.05) is 13.8 Å². The van der Waals surface area contributed by atoms with Crippen LogP contribution in [0.15, 0.2) is 24.4 Å². The van der Waals surface area contributed by atoms with Crippen molar-refractivity contribution in [3.05, 3.63) is 30.0 Å². The van der Waals surface area contributed by atoms with Crippen molar-refractivity contribution in [1.29, 1.82) is 0 Å². The molecule has 0 radical (unpaired) electrons. The summed E-state index contributed by atoms with van der Waals surface area (Å²) >= 11 is 0. The maximum absolute atomic E-state index is 12.2. The maximum atomic E-state index is 12.2. The highest BCUT2D eigenvalue weighted by Gasteiger charge is 2.31. The largest absolute Gasteiger partial charge is 0.573 e. The fourth-order valence-corrected chi connectivity index (χ4v) is 2.38. The SMILES string of the molecule is CCC(CC)c1c[nH]c2ccc(OC(F)(F)F)cc12. The molecule has 0 atom stereocenters. The quantitative estimate of drug-likeness (QED) is 0.834. The van der Waals surface area contributed by atoms with Crippen LogP contribution < -0.4 is 4.74 Å². The van der Waals surface area contributed by atoms with Gasteiger partial charge in [0.05, 0.1) is 0 Å². The zero-order valence-corrected chi connectivity index (χ0v) is 10.8. The van der Waals surface area contributed by atoms with Gasteiger partial charge in [-0.15, -0.1) is 13.2 Å². The summed E-state index contributed by atoms with van der Waals surface area (Å²) in [5, 5.41) is 0.801. The lowest BCUT2D eigenvalue weighted by Crippen LogP contribution is -2.17. The number of halogens is 3. The molecule has 0 saturated heterocycles. The van der Waals surface area contributed by atoms with Gasteiger partial charge in [-0.3, -0.25) is 0 Å². The standard InChI is InChI=1S/C14H16F3NO/c1-3-9(4-2)12-8-18-13-6-5-10(7-11(12)13)19-14(15,16)17/h5-9,18H,3-4H2,1-2H3. The van der Waals surface area contributed by atoms with Crippen molar-refractivity contribution < 1.29 is 17.9 Å². The van der Waals surface area contributed by atoms with Gasteiger partial charge in [0.25, 0.3) is 0 Å². The van der Waals surface area contributed by atoms with Gasteiger partial charge in [-0.2, -0.15) is 0 Å². The first-order valence-electron chi connectivity index (χ1n) is 6.31. The fourth-order valence-electron chi connectivity index (χ4n) is 2.38. The third kappa shape index (κ3) is 3.03. The lowest BCUT2D eigenvalue weighted by atomic mass is 9.94. The van der Waals surface area contributed by atoms with Crippen LogP contribution in [0.3, 0.4) is 0 Å². The summed E-state index contributed by atoms with van der Waals surface area (Å²) < 4.78 is 40.7. The summed E-state index contributed by atoms with van der Waals surface area (Å²) in [7, 11) is 0. The number of aromatic amines is 1. The molecule has 1 heterocycles. The lowest BCUT2D eigenvalue weighted by Gasteiger charge is -2.12. The molecule has 19 heavy (non-hydrogen) atoms. The number of rotatable bonds is 4. The van der Waals surface area contributed by atoms with Crippen LogP contribution in [0.1, 0.15) is 38.2 Å². The Morgan fingerprint density at radius 2 is 1.89 bits per heavy atom. The molecule has 0 fully saturated rings. The average molecular weight is 271 g/mol. The van der Waals surface area contributed by atoms with E-state index in [4.69, 9.17) is 0 Å². The van der Waals surface area contributed by atoms with Gasteiger partial charge in [0.15, 0.2) is 0 Å². The normalized spacial score (nSPS) is 12.3. The minimum atomic E-state index is -4.65. The zero-order chi connectivity index (χ0) is 14.0. The highest BCUT2D eigenvalue weighted by molar-refractivity contribution is 5.85. The van der Waals surface area contributed by atoms with Crippen molar-refractivity contribution in [2.45, 2.75) is 39.0 Å². The second-order valence-corrected chi connectivity index (χ2v) is 4.51. The first-order chi connectivity index (χ1) is 8.94. The Labute approximate surface area is 109 Å². The summed E-state index contributed by atoms with van der Waals surface area (Å²) in [4.78, 5) is 3.09. The molecule has 1 aromatic carbocycles. The Morgan fingerprint density at radius 1 is 1.21 bits per heavy atom. The predicted molar refractivity (Wildman–Crippen MR) is 68.3 cm³/mol. The van der Waals surface area contributed by atoms with Gasteiger partial charge in [-0.05, 0) is 42.5 Å². The molecule has 0 saturated carbocycles. The molecule has 2 nitrogen and oxygen atoms in total. The molecule has 0 unspecified atom stereocenters. The highest BCUT2D eigenvalue weighted by atomic mass is 19.4. The molecular weight excluding hydrogens is 255 g/mol. The molecule has 0 aliphatic heterocycles. The van der Waals surface area contributed by atoms with Crippen LogP contribution in [-0.4, -0.2) is 11.3 Å². The average Bonchev–Trinajstić information content (AvgIpc) is 2.72. The van der Waals surface area contributed by atoms with Gasteiger partial charge in [0, 0.05) is 17.1 Å². The first kappa shape index (κ1) is 13.8. The fraction of sp³-hybridized carbons (Fsp3) is 0.429. The third-order valence-electron chi connectivity index (χ3n) is 3.34. The van der Waals surface area contributed by atoms with Crippen LogP contribution in [0.2, 0.25) is 0 Å². The number of benzene rings is 1. The summed E-state index contributed by atoms with van der Waals surface area (Å²) in [6.07, 6.45) is -0.875. The van der Waals surface area contributed by atoms with E-state index in [1.807, 2.05) is 6.20 Å². The molecule has 0 aliphatic rings. The summed E-state index contributed by atoms with van der Waals surface area (Å²) in [5.74, 6) is 0.168. The van der Waals surface area contributed by atoms with Crippen LogP contribution in [0.25, 0.3) is 10.9 Å². The van der Waals surface area contributed by atoms with Crippen molar-refractivity contribution in [3.63, 3.8) is 0 Å². The molecule has 0 spiro atoms. The van der Waals surface area contributed by atoms with E-state index in [-0.39, 0.29) is 5.75 Å². The Kier molecular flexibility index (Phi) is 3.73. The van der Waals surface area contributed by atoms with E-state index in [0.29, 0.717) is 5.92 Å². The van der Waals surface area contributed by atoms with Gasteiger partial charge >= 0.3 is 6.36 Å². The van der Waals surface area contributed by atoms with Crippen molar-refractivity contribution >= 4 is 10.9 Å². The molecular formula is C14H16F3NO. The van der Waals surface area contributed by atoms with Crippen LogP contribution in [0.4, 0.5) is 13.2 Å². The molecule has 0 amide bonds. The minimum absolute atomic E-state index is 0.174. The molecule has 104 valence electrons. The molecule has 0 aliphatic carbocycles. The number of alkyl halides is 3. The second-order valence-electron chi connectivity index (χ2n) is 4.51. The van der Waals surface area contributed by atoms with E-state index in [9.17, 15) is 13.2 Å². The Bertz CT molecular complexity index is 555. The van der Waals surface area contributed by atoms with Crippen LogP contribution >= 0.6 is 0 Å². The molecule has 5 heteroatoms. The number of hydrogen-bond donors (Lipinski definition) is 1. The molecule has 1 N–H and O–H groups in total. The second kappa shape index (κ2) is 5.15. The van der Waals surface area contributed by atoms with Gasteiger partial charge in [0.2, 0.25) is 0 Å². The first-order valence-corrected chi connectivity index (χ1v) is 6.31. The highest BCUT2D eigenvalue weighted by Crippen LogP contribution is 2.33. The van der Waals surface area contributed by atoms with E-state index in [1.165, 1.54) is 12.1 Å². The van der Waals surface area contributed by atoms with E-state index >= 15 is 0 Å². The van der Waals surface area contributed by atoms with Gasteiger partial charge < -0.3 is 9.72 Å². The zero-order valence-electron chi connectivity index (χ0n) is 10.8. The monoisotopic (exact) mass is 271 g/mol. The molecule has 2 rings (SSSR count). The van der Waals surface area contributed by atoms with E-state index < -0.39 is 6.36 Å². The van der Waals surface area contributed by atoms with E-state index in [1.54, 1.807) is 6.07 Å². The molecule has 0 bridgehead atoms. The van der Waals surface area contributed by atoms with Crippen molar-refractivity contribution in [3.8, 4) is 5.75 Å². The number of fused-ring (bicyclic) bond motifs is 1.